The molecule has 2 atom stereocenters. The van der Waals surface area contributed by atoms with Crippen molar-refractivity contribution < 1.29 is 32.5 Å². The number of unbranched alkanes of at least 4 members (excludes halogenated alkanes) is 14. The topological polar surface area (TPSA) is 74.2 Å². The maximum absolute atomic E-state index is 12.0. The molecule has 0 amide bonds. The van der Waals surface area contributed by atoms with E-state index in [2.05, 4.69) is 19.1 Å². The van der Waals surface area contributed by atoms with Crippen LogP contribution in [0.5, 0.6) is 0 Å². The Balaban J connectivity index is 3.51. The van der Waals surface area contributed by atoms with Gasteiger partial charge < -0.3 is 18.9 Å². The van der Waals surface area contributed by atoms with Crippen LogP contribution in [0.3, 0.4) is 0 Å². The van der Waals surface area contributed by atoms with Crippen molar-refractivity contribution in [2.24, 2.45) is 0 Å². The Morgan fingerprint density at radius 3 is 1.76 bits per heavy atom. The molecule has 1 unspecified atom stereocenters. The van der Waals surface area contributed by atoms with Gasteiger partial charge in [0.05, 0.1) is 34.4 Å². The number of ether oxygens (including phenoxy) is 2. The number of phosphoric ester groups is 1. The summed E-state index contributed by atoms with van der Waals surface area (Å²) in [5.41, 5.74) is 0. The molecular formula is C29H61NO6P+. The van der Waals surface area contributed by atoms with E-state index in [1.165, 1.54) is 96.3 Å². The van der Waals surface area contributed by atoms with Crippen molar-refractivity contribution in [3.63, 3.8) is 0 Å². The number of hydrogen-bond donors (Lipinski definition) is 1. The van der Waals surface area contributed by atoms with Crippen LogP contribution in [0.4, 0.5) is 0 Å². The van der Waals surface area contributed by atoms with Crippen LogP contribution in [0.25, 0.3) is 0 Å². The van der Waals surface area contributed by atoms with Crippen molar-refractivity contribution in [1.29, 1.82) is 0 Å². The zero-order valence-corrected chi connectivity index (χ0v) is 25.9. The van der Waals surface area contributed by atoms with Gasteiger partial charge in [-0.05, 0) is 32.1 Å². The lowest BCUT2D eigenvalue weighted by molar-refractivity contribution is -0.870. The van der Waals surface area contributed by atoms with E-state index < -0.39 is 13.9 Å². The van der Waals surface area contributed by atoms with Gasteiger partial charge in [-0.1, -0.05) is 89.7 Å². The van der Waals surface area contributed by atoms with Gasteiger partial charge in [-0.3, -0.25) is 9.05 Å². The van der Waals surface area contributed by atoms with Crippen LogP contribution in [0.1, 0.15) is 110 Å². The summed E-state index contributed by atoms with van der Waals surface area (Å²) in [4.78, 5) is 9.80. The van der Waals surface area contributed by atoms with Crippen LogP contribution in [0.15, 0.2) is 12.2 Å². The molecule has 0 aromatic carbocycles. The number of rotatable bonds is 28. The predicted octanol–water partition coefficient (Wildman–Crippen LogP) is 7.68. The number of phosphoric acid groups is 1. The monoisotopic (exact) mass is 550 g/mol. The lowest BCUT2D eigenvalue weighted by atomic mass is 10.1. The molecule has 37 heavy (non-hydrogen) atoms. The Kier molecular flexibility index (Phi) is 24.6. The lowest BCUT2D eigenvalue weighted by Gasteiger charge is -2.24. The normalized spacial score (nSPS) is 14.9. The molecule has 0 spiro atoms. The zero-order chi connectivity index (χ0) is 27.7. The third kappa shape index (κ3) is 28.6. The summed E-state index contributed by atoms with van der Waals surface area (Å²) in [5, 5.41) is 0. The summed E-state index contributed by atoms with van der Waals surface area (Å²) in [5.74, 6) is 0. The molecule has 0 aromatic rings. The van der Waals surface area contributed by atoms with Crippen molar-refractivity contribution in [2.45, 2.75) is 116 Å². The van der Waals surface area contributed by atoms with Gasteiger partial charge in [0, 0.05) is 13.7 Å². The Morgan fingerprint density at radius 1 is 0.730 bits per heavy atom. The predicted molar refractivity (Wildman–Crippen MR) is 155 cm³/mol. The smallest absolute Gasteiger partial charge is 0.379 e. The maximum atomic E-state index is 12.0. The molecule has 0 saturated carbocycles. The highest BCUT2D eigenvalue weighted by Crippen LogP contribution is 2.43. The summed E-state index contributed by atoms with van der Waals surface area (Å²) in [6.45, 7) is 4.00. The minimum absolute atomic E-state index is 0.0387. The lowest BCUT2D eigenvalue weighted by Crippen LogP contribution is -2.37. The first-order chi connectivity index (χ1) is 17.7. The van der Waals surface area contributed by atoms with Crippen molar-refractivity contribution in [1.82, 2.24) is 0 Å². The molecule has 1 N–H and O–H groups in total. The van der Waals surface area contributed by atoms with E-state index in [9.17, 15) is 9.46 Å². The van der Waals surface area contributed by atoms with E-state index in [-0.39, 0.29) is 13.2 Å². The van der Waals surface area contributed by atoms with E-state index in [0.717, 1.165) is 6.42 Å². The Morgan fingerprint density at radius 2 is 1.24 bits per heavy atom. The first-order valence-electron chi connectivity index (χ1n) is 14.9. The third-order valence-corrected chi connectivity index (χ3v) is 7.36. The van der Waals surface area contributed by atoms with E-state index in [0.29, 0.717) is 24.2 Å². The molecule has 8 heteroatoms. The van der Waals surface area contributed by atoms with Gasteiger partial charge in [0.25, 0.3) is 0 Å². The first-order valence-corrected chi connectivity index (χ1v) is 16.4. The van der Waals surface area contributed by atoms with Crippen molar-refractivity contribution in [3.05, 3.63) is 12.2 Å². The summed E-state index contributed by atoms with van der Waals surface area (Å²) in [7, 11) is 3.44. The molecule has 0 fully saturated rings. The molecule has 0 aliphatic rings. The van der Waals surface area contributed by atoms with Crippen LogP contribution in [0, 0.1) is 0 Å². The molecule has 0 aromatic heterocycles. The van der Waals surface area contributed by atoms with Gasteiger partial charge >= 0.3 is 7.82 Å². The van der Waals surface area contributed by atoms with Crippen molar-refractivity contribution in [3.8, 4) is 0 Å². The number of allylic oxidation sites excluding steroid dienone is 2. The highest BCUT2D eigenvalue weighted by molar-refractivity contribution is 7.47. The van der Waals surface area contributed by atoms with Gasteiger partial charge in [0.15, 0.2) is 0 Å². The Labute approximate surface area is 229 Å². The summed E-state index contributed by atoms with van der Waals surface area (Å²) in [6.07, 6.45) is 25.2. The number of methoxy groups -OCH3 is 1. The molecule has 7 nitrogen and oxygen atoms in total. The largest absolute Gasteiger partial charge is 0.472 e. The molecule has 222 valence electrons. The maximum Gasteiger partial charge on any atom is 0.472 e. The second kappa shape index (κ2) is 24.7. The summed E-state index contributed by atoms with van der Waals surface area (Å²) in [6, 6.07) is 0. The summed E-state index contributed by atoms with van der Waals surface area (Å²) < 4.78 is 33.7. The quantitative estimate of drug-likeness (QED) is 0.0466. The fourth-order valence-electron chi connectivity index (χ4n) is 3.85. The van der Waals surface area contributed by atoms with Crippen LogP contribution in [0.2, 0.25) is 0 Å². The minimum atomic E-state index is -4.08. The van der Waals surface area contributed by atoms with Gasteiger partial charge in [0.1, 0.15) is 19.3 Å². The number of likely N-dealkylation sites (N-methyl/N-ethyl adjacent to an activating group) is 1. The van der Waals surface area contributed by atoms with Crippen LogP contribution in [-0.2, 0) is 23.1 Å². The standard InChI is InChI=1S/C29H60NO6P/c1-6-7-8-9-10-11-12-13-14-15-16-17-18-19-20-21-22-23-25-34-27-29(33-5)28-36-37(31,32)35-26-24-30(2,3)4/h14-15,29H,6-13,16-28H2,1-5H3/p+1/t29-/m1/s1. The van der Waals surface area contributed by atoms with Crippen LogP contribution < -0.4 is 0 Å². The molecule has 0 aliphatic heterocycles. The Bertz CT molecular complexity index is 567. The highest BCUT2D eigenvalue weighted by Gasteiger charge is 2.24. The van der Waals surface area contributed by atoms with Gasteiger partial charge in [0.2, 0.25) is 0 Å². The SMILES string of the molecule is CCCCCCCCCC=CCCCCCCCCCOC[C@H](COP(=O)(O)OCC[N+](C)(C)C)OC. The molecule has 0 bridgehead atoms. The van der Waals surface area contributed by atoms with Gasteiger partial charge in [-0.2, -0.15) is 0 Å². The molecule has 0 aliphatic carbocycles. The van der Waals surface area contributed by atoms with Crippen molar-refractivity contribution in [2.75, 3.05) is 61.2 Å². The van der Waals surface area contributed by atoms with Crippen molar-refractivity contribution >= 4 is 7.82 Å². The number of quaternary nitrogens is 1. The average Bonchev–Trinajstić information content (AvgIpc) is 2.83. The molecule has 0 radical (unpaired) electrons. The molecule has 0 heterocycles. The molecular weight excluding hydrogens is 489 g/mol. The first kappa shape index (κ1) is 36.7. The second-order valence-electron chi connectivity index (χ2n) is 11.2. The second-order valence-corrected chi connectivity index (χ2v) is 12.6. The number of nitrogens with zero attached hydrogens (tertiary/aromatic N) is 1. The molecule has 0 saturated heterocycles. The van der Waals surface area contributed by atoms with Gasteiger partial charge in [-0.25, -0.2) is 4.57 Å². The van der Waals surface area contributed by atoms with E-state index in [1.807, 2.05) is 21.1 Å². The zero-order valence-electron chi connectivity index (χ0n) is 25.0. The highest BCUT2D eigenvalue weighted by atomic mass is 31.2. The fourth-order valence-corrected chi connectivity index (χ4v) is 4.59. The average molecular weight is 551 g/mol. The summed E-state index contributed by atoms with van der Waals surface area (Å²) >= 11 is 0. The van der Waals surface area contributed by atoms with Crippen LogP contribution >= 0.6 is 7.82 Å². The van der Waals surface area contributed by atoms with E-state index >= 15 is 0 Å². The molecule has 0 rings (SSSR count). The fraction of sp³-hybridized carbons (Fsp3) is 0.931. The van der Waals surface area contributed by atoms with E-state index in [1.54, 1.807) is 7.11 Å². The van der Waals surface area contributed by atoms with Crippen LogP contribution in [-0.4, -0.2) is 76.7 Å². The van der Waals surface area contributed by atoms with E-state index in [4.69, 9.17) is 18.5 Å². The minimum Gasteiger partial charge on any atom is -0.379 e. The third-order valence-electron chi connectivity index (χ3n) is 6.38. The number of hydrogen-bond acceptors (Lipinski definition) is 5. The Hall–Kier alpha value is -0.270. The van der Waals surface area contributed by atoms with Gasteiger partial charge in [-0.15, -0.1) is 0 Å².